The first-order chi connectivity index (χ1) is 17.1. The Morgan fingerprint density at radius 3 is 1.89 bits per heavy atom. The Kier molecular flexibility index (Phi) is 22.3. The molecule has 0 aliphatic carbocycles. The van der Waals surface area contributed by atoms with E-state index in [0.29, 0.717) is 11.3 Å². The first-order valence-corrected chi connectivity index (χ1v) is 14.5. The molecule has 0 fully saturated rings. The van der Waals surface area contributed by atoms with Gasteiger partial charge in [0, 0.05) is 11.1 Å². The molecular weight excluding hydrogens is 450 g/mol. The summed E-state index contributed by atoms with van der Waals surface area (Å²) in [6, 6.07) is 7.99. The maximum Gasteiger partial charge on any atom is 0.251 e. The molecule has 1 amide bonds. The molecule has 0 aromatic heterocycles. The number of allylic oxidation sites excluding steroid dienone is 5. The molecule has 1 rings (SSSR count). The summed E-state index contributed by atoms with van der Waals surface area (Å²) in [5.74, 6) is 0.507. The van der Waals surface area contributed by atoms with Crippen LogP contribution in [0.5, 0.6) is 0 Å². The van der Waals surface area contributed by atoms with E-state index in [1.165, 1.54) is 11.1 Å². The van der Waals surface area contributed by atoms with Crippen LogP contribution in [0.25, 0.3) is 0 Å². The van der Waals surface area contributed by atoms with Crippen molar-refractivity contribution in [2.75, 3.05) is 0 Å². The summed E-state index contributed by atoms with van der Waals surface area (Å²) in [5, 5.41) is 3.09. The molecule has 2 nitrogen and oxygen atoms in total. The number of amides is 1. The van der Waals surface area contributed by atoms with Crippen LogP contribution in [0.2, 0.25) is 0 Å². The second-order valence-electron chi connectivity index (χ2n) is 11.8. The van der Waals surface area contributed by atoms with Gasteiger partial charge >= 0.3 is 0 Å². The molecule has 0 bridgehead atoms. The van der Waals surface area contributed by atoms with Gasteiger partial charge in [0.2, 0.25) is 0 Å². The summed E-state index contributed by atoms with van der Waals surface area (Å²) < 4.78 is 0. The SMILES string of the molecule is C=C(C)C(=C/C)/C(=C\CC)CCC(C)Cc1ccccc1C(=O)NC(C)(C)C.CC.CC.CC(C)(C)C. The molecule has 0 aliphatic rings. The van der Waals surface area contributed by atoms with Gasteiger partial charge in [-0.05, 0) is 94.4 Å². The van der Waals surface area contributed by atoms with Gasteiger partial charge in [-0.25, -0.2) is 0 Å². The van der Waals surface area contributed by atoms with E-state index in [9.17, 15) is 4.79 Å². The largest absolute Gasteiger partial charge is 0.347 e. The van der Waals surface area contributed by atoms with E-state index in [0.717, 1.165) is 42.4 Å². The van der Waals surface area contributed by atoms with Gasteiger partial charge in [0.15, 0.2) is 0 Å². The smallest absolute Gasteiger partial charge is 0.251 e. The van der Waals surface area contributed by atoms with E-state index >= 15 is 0 Å². The van der Waals surface area contributed by atoms with Gasteiger partial charge in [0.25, 0.3) is 5.91 Å². The quantitative estimate of drug-likeness (QED) is 0.327. The van der Waals surface area contributed by atoms with Crippen molar-refractivity contribution in [1.29, 1.82) is 0 Å². The van der Waals surface area contributed by atoms with E-state index in [2.05, 4.69) is 85.5 Å². The Balaban J connectivity index is -0.00000112. The first-order valence-electron chi connectivity index (χ1n) is 14.5. The molecular formula is C35H63NO. The van der Waals surface area contributed by atoms with E-state index < -0.39 is 0 Å². The summed E-state index contributed by atoms with van der Waals surface area (Å²) in [5.41, 5.74) is 5.98. The van der Waals surface area contributed by atoms with Crippen LogP contribution in [-0.2, 0) is 6.42 Å². The molecule has 0 radical (unpaired) electrons. The second-order valence-corrected chi connectivity index (χ2v) is 11.8. The minimum absolute atomic E-state index is 0.0142. The first kappa shape index (κ1) is 39.4. The van der Waals surface area contributed by atoms with Crippen molar-refractivity contribution in [3.63, 3.8) is 0 Å². The maximum atomic E-state index is 12.7. The molecule has 1 unspecified atom stereocenters. The molecule has 0 heterocycles. The highest BCUT2D eigenvalue weighted by atomic mass is 16.1. The van der Waals surface area contributed by atoms with Crippen LogP contribution in [0, 0.1) is 11.3 Å². The van der Waals surface area contributed by atoms with Gasteiger partial charge in [-0.1, -0.05) is 112 Å². The molecule has 0 spiro atoms. The number of carbonyl (C=O) groups excluding carboxylic acids is 1. The zero-order valence-electron chi connectivity index (χ0n) is 27.5. The fourth-order valence-electron chi connectivity index (χ4n) is 3.51. The van der Waals surface area contributed by atoms with Crippen molar-refractivity contribution < 1.29 is 4.79 Å². The second kappa shape index (κ2) is 20.9. The summed E-state index contributed by atoms with van der Waals surface area (Å²) in [4.78, 5) is 12.7. The average molecular weight is 514 g/mol. The molecule has 1 atom stereocenters. The maximum absolute atomic E-state index is 12.7. The molecule has 0 saturated heterocycles. The lowest BCUT2D eigenvalue weighted by Crippen LogP contribution is -2.41. The Morgan fingerprint density at radius 1 is 1.00 bits per heavy atom. The van der Waals surface area contributed by atoms with Gasteiger partial charge in [-0.2, -0.15) is 0 Å². The fraction of sp³-hybridized carbons (Fsp3) is 0.629. The third kappa shape index (κ3) is 21.7. The zero-order valence-corrected chi connectivity index (χ0v) is 27.5. The van der Waals surface area contributed by atoms with Crippen molar-refractivity contribution in [2.45, 2.75) is 135 Å². The van der Waals surface area contributed by atoms with Gasteiger partial charge in [-0.15, -0.1) is 0 Å². The lowest BCUT2D eigenvalue weighted by Gasteiger charge is -2.22. The van der Waals surface area contributed by atoms with Crippen LogP contribution in [0.15, 0.2) is 59.7 Å². The van der Waals surface area contributed by atoms with Crippen LogP contribution in [0.3, 0.4) is 0 Å². The Bertz CT molecular complexity index is 806. The van der Waals surface area contributed by atoms with Gasteiger partial charge < -0.3 is 5.32 Å². The third-order valence-corrected chi connectivity index (χ3v) is 4.77. The van der Waals surface area contributed by atoms with Crippen LogP contribution < -0.4 is 5.32 Å². The highest BCUT2D eigenvalue weighted by Gasteiger charge is 2.19. The van der Waals surface area contributed by atoms with Crippen molar-refractivity contribution in [3.8, 4) is 0 Å². The molecule has 1 aromatic carbocycles. The summed E-state index contributed by atoms with van der Waals surface area (Å²) in [6.07, 6.45) is 8.56. The van der Waals surface area contributed by atoms with E-state index in [4.69, 9.17) is 0 Å². The van der Waals surface area contributed by atoms with Crippen molar-refractivity contribution in [2.24, 2.45) is 11.3 Å². The molecule has 0 aliphatic heterocycles. The van der Waals surface area contributed by atoms with Gasteiger partial charge in [-0.3, -0.25) is 4.79 Å². The Morgan fingerprint density at radius 2 is 1.49 bits per heavy atom. The summed E-state index contributed by atoms with van der Waals surface area (Å²) in [7, 11) is 0. The number of carbonyl (C=O) groups is 1. The van der Waals surface area contributed by atoms with Crippen molar-refractivity contribution in [1.82, 2.24) is 5.32 Å². The number of nitrogens with one attached hydrogen (secondary N) is 1. The highest BCUT2D eigenvalue weighted by molar-refractivity contribution is 5.96. The van der Waals surface area contributed by atoms with Crippen LogP contribution >= 0.6 is 0 Å². The van der Waals surface area contributed by atoms with E-state index in [1.54, 1.807) is 0 Å². The van der Waals surface area contributed by atoms with Crippen LogP contribution in [0.4, 0.5) is 0 Å². The van der Waals surface area contributed by atoms with Crippen molar-refractivity contribution in [3.05, 3.63) is 70.8 Å². The zero-order chi connectivity index (χ0) is 29.8. The normalized spacial score (nSPS) is 12.5. The third-order valence-electron chi connectivity index (χ3n) is 4.77. The monoisotopic (exact) mass is 513 g/mol. The minimum atomic E-state index is -0.235. The molecule has 2 heteroatoms. The van der Waals surface area contributed by atoms with Gasteiger partial charge in [0.05, 0.1) is 0 Å². The Hall–Kier alpha value is -2.09. The lowest BCUT2D eigenvalue weighted by molar-refractivity contribution is 0.0918. The number of benzene rings is 1. The molecule has 1 N–H and O–H groups in total. The summed E-state index contributed by atoms with van der Waals surface area (Å²) in [6.45, 7) is 35.5. The predicted octanol–water partition coefficient (Wildman–Crippen LogP) is 11.1. The van der Waals surface area contributed by atoms with Gasteiger partial charge in [0.1, 0.15) is 0 Å². The molecule has 0 saturated carbocycles. The lowest BCUT2D eigenvalue weighted by atomic mass is 9.88. The van der Waals surface area contributed by atoms with E-state index in [-0.39, 0.29) is 11.4 Å². The number of rotatable bonds is 9. The average Bonchev–Trinajstić information content (AvgIpc) is 2.78. The molecule has 1 aromatic rings. The standard InChI is InChI=1S/C26H39NO.C5H12.2C2H6/c1-9-13-21(23(10-2)19(3)4)17-16-20(5)18-22-14-11-12-15-24(22)25(28)27-26(6,7)8;1-5(2,3)4;2*1-2/h10-15,20H,3,9,16-18H2,1-2,4-8H3,(H,27,28);1-4H3;2*1-2H3/b21-13-,23-10-;;;. The van der Waals surface area contributed by atoms with Crippen molar-refractivity contribution >= 4 is 5.91 Å². The summed E-state index contributed by atoms with van der Waals surface area (Å²) >= 11 is 0. The number of hydrogen-bond acceptors (Lipinski definition) is 1. The van der Waals surface area contributed by atoms with Crippen LogP contribution in [0.1, 0.15) is 139 Å². The molecule has 37 heavy (non-hydrogen) atoms. The number of hydrogen-bond donors (Lipinski definition) is 1. The topological polar surface area (TPSA) is 29.1 Å². The van der Waals surface area contributed by atoms with Crippen LogP contribution in [-0.4, -0.2) is 11.4 Å². The molecule has 214 valence electrons. The Labute approximate surface area is 233 Å². The predicted molar refractivity (Wildman–Crippen MR) is 171 cm³/mol. The minimum Gasteiger partial charge on any atom is -0.347 e. The highest BCUT2D eigenvalue weighted by Crippen LogP contribution is 2.26. The van der Waals surface area contributed by atoms with E-state index in [1.807, 2.05) is 66.7 Å². The fourth-order valence-corrected chi connectivity index (χ4v) is 3.51.